The van der Waals surface area contributed by atoms with E-state index in [0.29, 0.717) is 12.7 Å². The Hall–Kier alpha value is -1.13. The number of pyridine rings is 1. The van der Waals surface area contributed by atoms with Gasteiger partial charge in [0.05, 0.1) is 17.9 Å². The fraction of sp³-hybridized carbons (Fsp3) is 0.667. The van der Waals surface area contributed by atoms with E-state index in [4.69, 9.17) is 9.47 Å². The lowest BCUT2D eigenvalue weighted by atomic mass is 10.2. The van der Waals surface area contributed by atoms with Crippen molar-refractivity contribution in [3.8, 4) is 5.75 Å². The zero-order valence-electron chi connectivity index (χ0n) is 11.5. The van der Waals surface area contributed by atoms with E-state index in [9.17, 15) is 0 Å². The molecule has 0 bridgehead atoms. The third kappa shape index (κ3) is 3.67. The van der Waals surface area contributed by atoms with Crippen LogP contribution in [0.2, 0.25) is 0 Å². The van der Waals surface area contributed by atoms with Gasteiger partial charge in [-0.25, -0.2) is 0 Å². The van der Waals surface area contributed by atoms with Crippen molar-refractivity contribution < 1.29 is 9.47 Å². The van der Waals surface area contributed by atoms with E-state index in [-0.39, 0.29) is 6.10 Å². The van der Waals surface area contributed by atoms with Crippen molar-refractivity contribution >= 4 is 0 Å². The molecule has 1 saturated heterocycles. The normalized spacial score (nSPS) is 26.6. The molecular weight excluding hydrogens is 240 g/mol. The molecule has 2 heterocycles. The lowest BCUT2D eigenvalue weighted by Crippen LogP contribution is -2.29. The van der Waals surface area contributed by atoms with Crippen LogP contribution in [0, 0.1) is 6.92 Å². The molecule has 1 N–H and O–H groups in total. The molecule has 0 amide bonds. The van der Waals surface area contributed by atoms with Gasteiger partial charge in [-0.15, -0.1) is 0 Å². The predicted molar refractivity (Wildman–Crippen MR) is 73.4 cm³/mol. The van der Waals surface area contributed by atoms with Crippen LogP contribution in [-0.2, 0) is 4.74 Å². The van der Waals surface area contributed by atoms with Crippen molar-refractivity contribution in [1.29, 1.82) is 0 Å². The molecule has 1 saturated carbocycles. The topological polar surface area (TPSA) is 43.4 Å². The highest BCUT2D eigenvalue weighted by atomic mass is 16.5. The van der Waals surface area contributed by atoms with Crippen LogP contribution in [0.3, 0.4) is 0 Å². The van der Waals surface area contributed by atoms with Gasteiger partial charge in [0.1, 0.15) is 12.4 Å². The molecule has 1 aliphatic carbocycles. The molecule has 2 atom stereocenters. The Kier molecular flexibility index (Phi) is 3.99. The maximum Gasteiger partial charge on any atom is 0.140 e. The summed E-state index contributed by atoms with van der Waals surface area (Å²) in [4.78, 5) is 4.22. The van der Waals surface area contributed by atoms with Crippen molar-refractivity contribution in [3.05, 3.63) is 24.0 Å². The van der Waals surface area contributed by atoms with Crippen LogP contribution < -0.4 is 10.1 Å². The van der Waals surface area contributed by atoms with Crippen molar-refractivity contribution in [1.82, 2.24) is 10.3 Å². The zero-order valence-corrected chi connectivity index (χ0v) is 11.5. The van der Waals surface area contributed by atoms with E-state index in [1.54, 1.807) is 6.20 Å². The first-order valence-electron chi connectivity index (χ1n) is 7.24. The van der Waals surface area contributed by atoms with Gasteiger partial charge in [-0.05, 0) is 44.7 Å². The van der Waals surface area contributed by atoms with Crippen molar-refractivity contribution in [3.63, 3.8) is 0 Å². The predicted octanol–water partition coefficient (Wildman–Crippen LogP) is 2.07. The van der Waals surface area contributed by atoms with E-state index in [1.807, 2.05) is 19.1 Å². The number of aryl methyl sites for hydroxylation is 1. The van der Waals surface area contributed by atoms with Crippen molar-refractivity contribution in [2.45, 2.75) is 50.9 Å². The number of rotatable bonds is 6. The van der Waals surface area contributed by atoms with E-state index >= 15 is 0 Å². The number of ether oxygens (including phenoxy) is 2. The quantitative estimate of drug-likeness (QED) is 0.852. The summed E-state index contributed by atoms with van der Waals surface area (Å²) in [6.07, 6.45) is 7.28. The molecular formula is C15H22N2O2. The molecule has 2 fully saturated rings. The fourth-order valence-corrected chi connectivity index (χ4v) is 2.44. The van der Waals surface area contributed by atoms with Crippen LogP contribution >= 0.6 is 0 Å². The largest absolute Gasteiger partial charge is 0.489 e. The summed E-state index contributed by atoms with van der Waals surface area (Å²) < 4.78 is 11.8. The van der Waals surface area contributed by atoms with Crippen LogP contribution in [-0.4, -0.2) is 36.4 Å². The van der Waals surface area contributed by atoms with Gasteiger partial charge in [-0.1, -0.05) is 0 Å². The average molecular weight is 262 g/mol. The van der Waals surface area contributed by atoms with Gasteiger partial charge in [0.2, 0.25) is 0 Å². The van der Waals surface area contributed by atoms with E-state index < -0.39 is 0 Å². The molecule has 4 heteroatoms. The van der Waals surface area contributed by atoms with Crippen LogP contribution in [0.25, 0.3) is 0 Å². The van der Waals surface area contributed by atoms with Crippen LogP contribution in [0.5, 0.6) is 5.75 Å². The first kappa shape index (κ1) is 12.9. The standard InChI is InChI=1S/C15H22N2O2/c1-11-15(3-2-8-16-11)18-10-14-7-6-13(19-14)9-17-12-4-5-12/h2-3,8,12-14,17H,4-7,9-10H2,1H3. The monoisotopic (exact) mass is 262 g/mol. The first-order chi connectivity index (χ1) is 9.31. The minimum atomic E-state index is 0.227. The second-order valence-corrected chi connectivity index (χ2v) is 5.54. The Bertz CT molecular complexity index is 420. The second-order valence-electron chi connectivity index (χ2n) is 5.54. The van der Waals surface area contributed by atoms with Gasteiger partial charge in [-0.3, -0.25) is 4.98 Å². The molecule has 1 aliphatic heterocycles. The molecule has 4 nitrogen and oxygen atoms in total. The van der Waals surface area contributed by atoms with Crippen LogP contribution in [0.4, 0.5) is 0 Å². The highest BCUT2D eigenvalue weighted by molar-refractivity contribution is 5.25. The van der Waals surface area contributed by atoms with Gasteiger partial charge in [0.15, 0.2) is 0 Å². The SMILES string of the molecule is Cc1ncccc1OCC1CCC(CNC2CC2)O1. The molecule has 1 aromatic rings. The minimum Gasteiger partial charge on any atom is -0.489 e. The third-order valence-corrected chi connectivity index (χ3v) is 3.79. The molecule has 0 spiro atoms. The van der Waals surface area contributed by atoms with Gasteiger partial charge < -0.3 is 14.8 Å². The van der Waals surface area contributed by atoms with Crippen LogP contribution in [0.1, 0.15) is 31.4 Å². The third-order valence-electron chi connectivity index (χ3n) is 3.79. The second kappa shape index (κ2) is 5.88. The molecule has 3 rings (SSSR count). The highest BCUT2D eigenvalue weighted by Gasteiger charge is 2.28. The molecule has 104 valence electrons. The van der Waals surface area contributed by atoms with Crippen LogP contribution in [0.15, 0.2) is 18.3 Å². The summed E-state index contributed by atoms with van der Waals surface area (Å²) in [5, 5.41) is 3.53. The highest BCUT2D eigenvalue weighted by Crippen LogP contribution is 2.23. The fourth-order valence-electron chi connectivity index (χ4n) is 2.44. The minimum absolute atomic E-state index is 0.227. The number of nitrogens with zero attached hydrogens (tertiary/aromatic N) is 1. The van der Waals surface area contributed by atoms with E-state index in [2.05, 4.69) is 10.3 Å². The molecule has 0 radical (unpaired) electrons. The molecule has 1 aromatic heterocycles. The Morgan fingerprint density at radius 3 is 2.95 bits per heavy atom. The van der Waals surface area contributed by atoms with E-state index in [0.717, 1.165) is 36.9 Å². The Balaban J connectivity index is 1.40. The summed E-state index contributed by atoms with van der Waals surface area (Å²) >= 11 is 0. The lowest BCUT2D eigenvalue weighted by Gasteiger charge is -2.15. The average Bonchev–Trinajstić information content (AvgIpc) is 3.14. The van der Waals surface area contributed by atoms with E-state index in [1.165, 1.54) is 12.8 Å². The summed E-state index contributed by atoms with van der Waals surface area (Å²) in [7, 11) is 0. The number of nitrogens with one attached hydrogen (secondary N) is 1. The number of hydrogen-bond donors (Lipinski definition) is 1. The van der Waals surface area contributed by atoms with Crippen molar-refractivity contribution in [2.24, 2.45) is 0 Å². The first-order valence-corrected chi connectivity index (χ1v) is 7.24. The molecule has 2 aliphatic rings. The zero-order chi connectivity index (χ0) is 13.1. The maximum atomic E-state index is 5.99. The molecule has 0 aromatic carbocycles. The summed E-state index contributed by atoms with van der Waals surface area (Å²) in [5.74, 6) is 0.866. The number of hydrogen-bond acceptors (Lipinski definition) is 4. The van der Waals surface area contributed by atoms with Gasteiger partial charge in [0, 0.05) is 18.8 Å². The Labute approximate surface area is 114 Å². The molecule has 2 unspecified atom stereocenters. The summed E-state index contributed by atoms with van der Waals surface area (Å²) in [6.45, 7) is 3.59. The van der Waals surface area contributed by atoms with Crippen molar-refractivity contribution in [2.75, 3.05) is 13.2 Å². The smallest absolute Gasteiger partial charge is 0.140 e. The lowest BCUT2D eigenvalue weighted by molar-refractivity contribution is 0.0182. The number of aromatic nitrogens is 1. The maximum absolute atomic E-state index is 5.99. The Morgan fingerprint density at radius 1 is 1.32 bits per heavy atom. The summed E-state index contributed by atoms with van der Waals surface area (Å²) in [6, 6.07) is 4.63. The Morgan fingerprint density at radius 2 is 2.16 bits per heavy atom. The molecule has 19 heavy (non-hydrogen) atoms. The van der Waals surface area contributed by atoms with Gasteiger partial charge >= 0.3 is 0 Å². The van der Waals surface area contributed by atoms with Gasteiger partial charge in [-0.2, -0.15) is 0 Å². The van der Waals surface area contributed by atoms with Gasteiger partial charge in [0.25, 0.3) is 0 Å². The summed E-state index contributed by atoms with van der Waals surface area (Å²) in [5.41, 5.74) is 0.937.